The molecule has 1 N–H and O–H groups in total. The predicted molar refractivity (Wildman–Crippen MR) is 104 cm³/mol. The van der Waals surface area contributed by atoms with Crippen molar-refractivity contribution in [1.82, 2.24) is 4.90 Å². The Hall–Kier alpha value is -2.53. The first-order valence-electron chi connectivity index (χ1n) is 8.46. The molecule has 0 fully saturated rings. The van der Waals surface area contributed by atoms with E-state index in [0.29, 0.717) is 10.8 Å². The summed E-state index contributed by atoms with van der Waals surface area (Å²) in [4.78, 5) is 26.0. The van der Waals surface area contributed by atoms with Gasteiger partial charge in [0.2, 0.25) is 5.91 Å². The average molecular weight is 375 g/mol. The quantitative estimate of drug-likeness (QED) is 0.802. The van der Waals surface area contributed by atoms with Crippen LogP contribution in [-0.4, -0.2) is 36.4 Å². The van der Waals surface area contributed by atoms with Crippen molar-refractivity contribution in [2.75, 3.05) is 18.9 Å². The number of hydrogen-bond donors (Lipinski definition) is 1. The van der Waals surface area contributed by atoms with Crippen LogP contribution in [-0.2, 0) is 16.0 Å². The number of rotatable bonds is 7. The number of benzene rings is 2. The highest BCUT2D eigenvalue weighted by Gasteiger charge is 2.22. The van der Waals surface area contributed by atoms with Crippen molar-refractivity contribution in [3.63, 3.8) is 0 Å². The SMILES string of the molecule is CCc1ccccc1NC(=O)CN(C)C(=O)C(C)Oc1ccccc1Cl. The van der Waals surface area contributed by atoms with E-state index in [1.54, 1.807) is 38.2 Å². The molecule has 2 rings (SSSR count). The molecule has 2 amide bonds. The van der Waals surface area contributed by atoms with Crippen LogP contribution < -0.4 is 10.1 Å². The van der Waals surface area contributed by atoms with Crippen LogP contribution >= 0.6 is 11.6 Å². The van der Waals surface area contributed by atoms with Crippen LogP contribution in [0, 0.1) is 0 Å². The molecule has 0 aromatic heterocycles. The number of likely N-dealkylation sites (N-methyl/N-ethyl adjacent to an activating group) is 1. The lowest BCUT2D eigenvalue weighted by Crippen LogP contribution is -2.42. The van der Waals surface area contributed by atoms with Crippen LogP contribution in [0.2, 0.25) is 5.02 Å². The summed E-state index contributed by atoms with van der Waals surface area (Å²) in [5.74, 6) is -0.125. The molecule has 6 heteroatoms. The Labute approximate surface area is 158 Å². The standard InChI is InChI=1S/C20H23ClN2O3/c1-4-15-9-5-7-11-17(15)22-19(24)13-23(3)20(25)14(2)26-18-12-8-6-10-16(18)21/h5-12,14H,4,13H2,1-3H3,(H,22,24). The Kier molecular flexibility index (Phi) is 7.04. The van der Waals surface area contributed by atoms with E-state index in [2.05, 4.69) is 5.32 Å². The van der Waals surface area contributed by atoms with E-state index in [-0.39, 0.29) is 18.4 Å². The van der Waals surface area contributed by atoms with Gasteiger partial charge in [0.25, 0.3) is 5.91 Å². The maximum absolute atomic E-state index is 12.4. The molecule has 0 saturated heterocycles. The number of ether oxygens (including phenoxy) is 1. The van der Waals surface area contributed by atoms with Crippen LogP contribution in [0.1, 0.15) is 19.4 Å². The minimum absolute atomic E-state index is 0.0624. The van der Waals surface area contributed by atoms with Gasteiger partial charge in [-0.2, -0.15) is 0 Å². The van der Waals surface area contributed by atoms with E-state index in [0.717, 1.165) is 17.7 Å². The zero-order chi connectivity index (χ0) is 19.1. The average Bonchev–Trinajstić information content (AvgIpc) is 2.63. The van der Waals surface area contributed by atoms with Gasteiger partial charge in [-0.1, -0.05) is 48.9 Å². The summed E-state index contributed by atoms with van der Waals surface area (Å²) < 4.78 is 5.61. The molecular formula is C20H23ClN2O3. The number of aryl methyl sites for hydroxylation is 1. The molecule has 0 heterocycles. The molecular weight excluding hydrogens is 352 g/mol. The maximum atomic E-state index is 12.4. The Morgan fingerprint density at radius 1 is 1.15 bits per heavy atom. The lowest BCUT2D eigenvalue weighted by atomic mass is 10.1. The number of carbonyl (C=O) groups is 2. The van der Waals surface area contributed by atoms with Gasteiger partial charge in [0.05, 0.1) is 11.6 Å². The third-order valence-corrected chi connectivity index (χ3v) is 4.23. The van der Waals surface area contributed by atoms with Crippen LogP contribution in [0.3, 0.4) is 0 Å². The number of nitrogens with zero attached hydrogens (tertiary/aromatic N) is 1. The zero-order valence-corrected chi connectivity index (χ0v) is 15.9. The van der Waals surface area contributed by atoms with E-state index in [1.165, 1.54) is 4.90 Å². The lowest BCUT2D eigenvalue weighted by Gasteiger charge is -2.22. The van der Waals surface area contributed by atoms with Crippen molar-refractivity contribution in [2.24, 2.45) is 0 Å². The van der Waals surface area contributed by atoms with Crippen molar-refractivity contribution in [3.8, 4) is 5.75 Å². The van der Waals surface area contributed by atoms with Gasteiger partial charge in [-0.15, -0.1) is 0 Å². The monoisotopic (exact) mass is 374 g/mol. The molecule has 2 aromatic carbocycles. The van der Waals surface area contributed by atoms with Gasteiger partial charge in [0.15, 0.2) is 6.10 Å². The molecule has 138 valence electrons. The first-order valence-corrected chi connectivity index (χ1v) is 8.84. The van der Waals surface area contributed by atoms with Crippen molar-refractivity contribution in [2.45, 2.75) is 26.4 Å². The molecule has 26 heavy (non-hydrogen) atoms. The van der Waals surface area contributed by atoms with Gasteiger partial charge in [-0.05, 0) is 37.1 Å². The van der Waals surface area contributed by atoms with Gasteiger partial charge in [-0.3, -0.25) is 9.59 Å². The lowest BCUT2D eigenvalue weighted by molar-refractivity contribution is -0.139. The van der Waals surface area contributed by atoms with Gasteiger partial charge < -0.3 is 15.0 Å². The molecule has 5 nitrogen and oxygen atoms in total. The van der Waals surface area contributed by atoms with Crippen LogP contribution in [0.4, 0.5) is 5.69 Å². The zero-order valence-electron chi connectivity index (χ0n) is 15.2. The third-order valence-electron chi connectivity index (χ3n) is 3.92. The minimum Gasteiger partial charge on any atom is -0.479 e. The van der Waals surface area contributed by atoms with Crippen molar-refractivity contribution >= 4 is 29.1 Å². The molecule has 0 saturated carbocycles. The Morgan fingerprint density at radius 3 is 2.50 bits per heavy atom. The number of anilines is 1. The summed E-state index contributed by atoms with van der Waals surface area (Å²) in [5, 5.41) is 3.28. The summed E-state index contributed by atoms with van der Waals surface area (Å²) >= 11 is 6.04. The normalized spacial score (nSPS) is 11.5. The summed E-state index contributed by atoms with van der Waals surface area (Å²) in [6.45, 7) is 3.59. The smallest absolute Gasteiger partial charge is 0.263 e. The molecule has 0 bridgehead atoms. The van der Waals surface area contributed by atoms with Crippen molar-refractivity contribution < 1.29 is 14.3 Å². The number of nitrogens with one attached hydrogen (secondary N) is 1. The topological polar surface area (TPSA) is 58.6 Å². The van der Waals surface area contributed by atoms with E-state index in [9.17, 15) is 9.59 Å². The highest BCUT2D eigenvalue weighted by atomic mass is 35.5. The molecule has 0 radical (unpaired) electrons. The van der Waals surface area contributed by atoms with Crippen LogP contribution in [0.25, 0.3) is 0 Å². The number of amides is 2. The fourth-order valence-corrected chi connectivity index (χ4v) is 2.71. The Morgan fingerprint density at radius 2 is 1.81 bits per heavy atom. The highest BCUT2D eigenvalue weighted by Crippen LogP contribution is 2.24. The molecule has 0 aliphatic carbocycles. The summed E-state index contributed by atoms with van der Waals surface area (Å²) in [6, 6.07) is 14.6. The molecule has 0 spiro atoms. The second-order valence-electron chi connectivity index (χ2n) is 5.94. The summed E-state index contributed by atoms with van der Waals surface area (Å²) in [6.07, 6.45) is 0.0594. The van der Waals surface area contributed by atoms with E-state index >= 15 is 0 Å². The minimum atomic E-state index is -0.754. The number of carbonyl (C=O) groups excluding carboxylic acids is 2. The number of halogens is 1. The van der Waals surface area contributed by atoms with Gasteiger partial charge in [-0.25, -0.2) is 0 Å². The second kappa shape index (κ2) is 9.25. The van der Waals surface area contributed by atoms with Crippen LogP contribution in [0.15, 0.2) is 48.5 Å². The molecule has 1 atom stereocenters. The largest absolute Gasteiger partial charge is 0.479 e. The highest BCUT2D eigenvalue weighted by molar-refractivity contribution is 6.32. The van der Waals surface area contributed by atoms with Crippen molar-refractivity contribution in [3.05, 3.63) is 59.1 Å². The number of para-hydroxylation sites is 2. The van der Waals surface area contributed by atoms with Gasteiger partial charge in [0.1, 0.15) is 5.75 Å². The Bertz CT molecular complexity index is 779. The maximum Gasteiger partial charge on any atom is 0.263 e. The Balaban J connectivity index is 1.93. The van der Waals surface area contributed by atoms with Gasteiger partial charge in [0, 0.05) is 12.7 Å². The molecule has 0 aliphatic rings. The number of hydrogen-bond acceptors (Lipinski definition) is 3. The van der Waals surface area contributed by atoms with E-state index in [4.69, 9.17) is 16.3 Å². The first kappa shape index (κ1) is 19.8. The second-order valence-corrected chi connectivity index (χ2v) is 6.35. The fourth-order valence-electron chi connectivity index (χ4n) is 2.53. The summed E-state index contributed by atoms with van der Waals surface area (Å²) in [7, 11) is 1.57. The fraction of sp³-hybridized carbons (Fsp3) is 0.300. The third kappa shape index (κ3) is 5.23. The van der Waals surface area contributed by atoms with E-state index < -0.39 is 6.10 Å². The molecule has 0 aliphatic heterocycles. The van der Waals surface area contributed by atoms with Crippen molar-refractivity contribution in [1.29, 1.82) is 0 Å². The summed E-state index contributed by atoms with van der Waals surface area (Å²) in [5.41, 5.74) is 1.81. The van der Waals surface area contributed by atoms with Crippen LogP contribution in [0.5, 0.6) is 5.75 Å². The van der Waals surface area contributed by atoms with Gasteiger partial charge >= 0.3 is 0 Å². The predicted octanol–water partition coefficient (Wildman–Crippen LogP) is 3.77. The molecule has 2 aromatic rings. The molecule has 1 unspecified atom stereocenters. The first-order chi connectivity index (χ1) is 12.4. The van der Waals surface area contributed by atoms with E-state index in [1.807, 2.05) is 31.2 Å².